The summed E-state index contributed by atoms with van der Waals surface area (Å²) >= 11 is 0. The maximum atomic E-state index is 12.3. The minimum absolute atomic E-state index is 0.272. The Morgan fingerprint density at radius 2 is 1.73 bits per heavy atom. The molecule has 4 aromatic rings. The molecule has 1 aliphatic carbocycles. The number of hydrogen-bond donors (Lipinski definition) is 3. The van der Waals surface area contributed by atoms with Crippen LogP contribution in [0.2, 0.25) is 0 Å². The van der Waals surface area contributed by atoms with Gasteiger partial charge in [0, 0.05) is 22.7 Å². The van der Waals surface area contributed by atoms with Crippen LogP contribution in [0.5, 0.6) is 0 Å². The van der Waals surface area contributed by atoms with E-state index in [1.54, 1.807) is 6.20 Å². The fraction of sp³-hybridized carbons (Fsp3) is 0.167. The Balaban J connectivity index is 1.64. The molecule has 5 rings (SSSR count). The standard InChI is InChI=1S/C24H20N2O4/c27-22-21-18(11-14-25-22)19(15-5-2-1-3-6-15)20(30-21)16-7-9-17(10-8-16)24(12-4-13-24)26-23(28)29/h1-3,5-11,14,26H,4,12-13H2,(H,25,27)(H,28,29). The van der Waals surface area contributed by atoms with Crippen molar-refractivity contribution in [2.24, 2.45) is 0 Å². The Morgan fingerprint density at radius 1 is 1.00 bits per heavy atom. The topological polar surface area (TPSA) is 95.3 Å². The summed E-state index contributed by atoms with van der Waals surface area (Å²) in [5.74, 6) is 0.619. The van der Waals surface area contributed by atoms with Gasteiger partial charge in [-0.15, -0.1) is 0 Å². The highest BCUT2D eigenvalue weighted by atomic mass is 16.4. The zero-order valence-corrected chi connectivity index (χ0v) is 16.1. The summed E-state index contributed by atoms with van der Waals surface area (Å²) in [5.41, 5.74) is 3.10. The zero-order chi connectivity index (χ0) is 20.7. The highest BCUT2D eigenvalue weighted by Gasteiger charge is 2.40. The average Bonchev–Trinajstić information content (AvgIpc) is 3.12. The lowest BCUT2D eigenvalue weighted by atomic mass is 9.72. The summed E-state index contributed by atoms with van der Waals surface area (Å²) < 4.78 is 6.05. The summed E-state index contributed by atoms with van der Waals surface area (Å²) in [5, 5.41) is 12.7. The Labute approximate surface area is 172 Å². The van der Waals surface area contributed by atoms with Gasteiger partial charge in [-0.3, -0.25) is 4.79 Å². The number of nitrogens with one attached hydrogen (secondary N) is 2. The molecule has 0 atom stereocenters. The van der Waals surface area contributed by atoms with Crippen molar-refractivity contribution in [2.75, 3.05) is 0 Å². The van der Waals surface area contributed by atoms with E-state index in [-0.39, 0.29) is 5.56 Å². The normalized spacial score (nSPS) is 14.9. The zero-order valence-electron chi connectivity index (χ0n) is 16.1. The third kappa shape index (κ3) is 2.88. The molecule has 2 heterocycles. The van der Waals surface area contributed by atoms with Crippen molar-refractivity contribution in [2.45, 2.75) is 24.8 Å². The number of hydrogen-bond acceptors (Lipinski definition) is 3. The van der Waals surface area contributed by atoms with E-state index in [0.29, 0.717) is 11.3 Å². The SMILES string of the molecule is O=C(O)NC1(c2ccc(-c3oc4c(=O)[nH]ccc4c3-c3ccccc3)cc2)CCC1. The van der Waals surface area contributed by atoms with Crippen molar-refractivity contribution in [3.05, 3.63) is 82.8 Å². The summed E-state index contributed by atoms with van der Waals surface area (Å²) in [7, 11) is 0. The minimum Gasteiger partial charge on any atom is -0.465 e. The first-order valence-corrected chi connectivity index (χ1v) is 9.89. The first-order valence-electron chi connectivity index (χ1n) is 9.89. The van der Waals surface area contributed by atoms with E-state index in [1.807, 2.05) is 60.7 Å². The molecule has 0 saturated heterocycles. The monoisotopic (exact) mass is 400 g/mol. The van der Waals surface area contributed by atoms with Gasteiger partial charge in [-0.25, -0.2) is 4.79 Å². The van der Waals surface area contributed by atoms with E-state index in [2.05, 4.69) is 10.3 Å². The van der Waals surface area contributed by atoms with Crippen LogP contribution >= 0.6 is 0 Å². The third-order valence-electron chi connectivity index (χ3n) is 5.93. The van der Waals surface area contributed by atoms with E-state index in [0.717, 1.165) is 46.9 Å². The molecule has 1 amide bonds. The summed E-state index contributed by atoms with van der Waals surface area (Å²) in [4.78, 5) is 26.2. The van der Waals surface area contributed by atoms with Crippen molar-refractivity contribution >= 4 is 17.1 Å². The lowest BCUT2D eigenvalue weighted by Gasteiger charge is -2.42. The van der Waals surface area contributed by atoms with Crippen LogP contribution in [-0.4, -0.2) is 16.2 Å². The van der Waals surface area contributed by atoms with Crippen molar-refractivity contribution in [1.82, 2.24) is 10.3 Å². The molecule has 1 saturated carbocycles. The molecule has 0 bridgehead atoms. The number of aromatic nitrogens is 1. The number of carbonyl (C=O) groups is 1. The number of furan rings is 1. The first-order chi connectivity index (χ1) is 14.6. The van der Waals surface area contributed by atoms with Crippen LogP contribution in [0.4, 0.5) is 4.79 Å². The fourth-order valence-corrected chi connectivity index (χ4v) is 4.29. The van der Waals surface area contributed by atoms with Gasteiger partial charge in [-0.1, -0.05) is 54.6 Å². The Kier molecular flexibility index (Phi) is 4.20. The van der Waals surface area contributed by atoms with Gasteiger partial charge >= 0.3 is 6.09 Å². The minimum atomic E-state index is -1.01. The predicted octanol–water partition coefficient (Wildman–Crippen LogP) is 5.10. The second kappa shape index (κ2) is 6.91. The van der Waals surface area contributed by atoms with Gasteiger partial charge in [0.25, 0.3) is 5.56 Å². The molecule has 0 spiro atoms. The highest BCUT2D eigenvalue weighted by molar-refractivity contribution is 6.01. The fourth-order valence-electron chi connectivity index (χ4n) is 4.29. The predicted molar refractivity (Wildman–Crippen MR) is 114 cm³/mol. The van der Waals surface area contributed by atoms with Crippen molar-refractivity contribution in [1.29, 1.82) is 0 Å². The molecule has 0 unspecified atom stereocenters. The number of rotatable bonds is 4. The largest absolute Gasteiger partial charge is 0.465 e. The molecule has 2 aromatic carbocycles. The maximum Gasteiger partial charge on any atom is 0.405 e. The smallest absolute Gasteiger partial charge is 0.405 e. The Hall–Kier alpha value is -3.80. The molecular formula is C24H20N2O4. The molecule has 6 nitrogen and oxygen atoms in total. The van der Waals surface area contributed by atoms with Crippen LogP contribution in [0.25, 0.3) is 33.4 Å². The van der Waals surface area contributed by atoms with Gasteiger partial charge in [-0.05, 0) is 36.5 Å². The lowest BCUT2D eigenvalue weighted by Crippen LogP contribution is -2.50. The molecule has 2 aromatic heterocycles. The quantitative estimate of drug-likeness (QED) is 0.444. The molecule has 1 aliphatic rings. The van der Waals surface area contributed by atoms with Crippen LogP contribution in [-0.2, 0) is 5.54 Å². The molecule has 3 N–H and O–H groups in total. The van der Waals surface area contributed by atoms with Crippen LogP contribution in [0.1, 0.15) is 24.8 Å². The van der Waals surface area contributed by atoms with Crippen molar-refractivity contribution in [3.8, 4) is 22.5 Å². The van der Waals surface area contributed by atoms with Crippen LogP contribution in [0.15, 0.2) is 76.1 Å². The maximum absolute atomic E-state index is 12.3. The number of carboxylic acid groups (broad SMARTS) is 1. The van der Waals surface area contributed by atoms with Crippen LogP contribution in [0, 0.1) is 0 Å². The van der Waals surface area contributed by atoms with Crippen LogP contribution < -0.4 is 10.9 Å². The van der Waals surface area contributed by atoms with Gasteiger partial charge in [0.15, 0.2) is 5.58 Å². The third-order valence-corrected chi connectivity index (χ3v) is 5.93. The van der Waals surface area contributed by atoms with Gasteiger partial charge in [0.1, 0.15) is 5.76 Å². The molecule has 1 fully saturated rings. The highest BCUT2D eigenvalue weighted by Crippen LogP contribution is 2.43. The molecule has 30 heavy (non-hydrogen) atoms. The number of fused-ring (bicyclic) bond motifs is 1. The first kappa shape index (κ1) is 18.2. The average molecular weight is 400 g/mol. The van der Waals surface area contributed by atoms with Crippen molar-refractivity contribution < 1.29 is 14.3 Å². The number of aromatic amines is 1. The number of pyridine rings is 1. The summed E-state index contributed by atoms with van der Waals surface area (Å²) in [6, 6.07) is 19.4. The van der Waals surface area contributed by atoms with E-state index >= 15 is 0 Å². The van der Waals surface area contributed by atoms with E-state index in [9.17, 15) is 14.7 Å². The van der Waals surface area contributed by atoms with Crippen molar-refractivity contribution in [3.63, 3.8) is 0 Å². The van der Waals surface area contributed by atoms with Gasteiger partial charge < -0.3 is 19.8 Å². The summed E-state index contributed by atoms with van der Waals surface area (Å²) in [6.07, 6.45) is 3.17. The van der Waals surface area contributed by atoms with Gasteiger partial charge in [0.05, 0.1) is 5.54 Å². The van der Waals surface area contributed by atoms with E-state index in [4.69, 9.17) is 4.42 Å². The van der Waals surface area contributed by atoms with Gasteiger partial charge in [0.2, 0.25) is 0 Å². The summed E-state index contributed by atoms with van der Waals surface area (Å²) in [6.45, 7) is 0. The molecule has 6 heteroatoms. The molecular weight excluding hydrogens is 380 g/mol. The molecule has 0 aliphatic heterocycles. The number of H-pyrrole nitrogens is 1. The second-order valence-electron chi connectivity index (χ2n) is 7.66. The lowest BCUT2D eigenvalue weighted by molar-refractivity contribution is 0.144. The molecule has 150 valence electrons. The Bertz CT molecular complexity index is 1280. The number of amides is 1. The number of benzene rings is 2. The Morgan fingerprint density at radius 3 is 2.37 bits per heavy atom. The second-order valence-corrected chi connectivity index (χ2v) is 7.66. The van der Waals surface area contributed by atoms with Crippen LogP contribution in [0.3, 0.4) is 0 Å². The van der Waals surface area contributed by atoms with E-state index < -0.39 is 11.6 Å². The van der Waals surface area contributed by atoms with Gasteiger partial charge in [-0.2, -0.15) is 0 Å². The van der Waals surface area contributed by atoms with E-state index in [1.165, 1.54) is 0 Å². The molecule has 0 radical (unpaired) electrons.